The maximum atomic E-state index is 5.28. The van der Waals surface area contributed by atoms with Crippen LogP contribution in [0, 0.1) is 6.92 Å². The summed E-state index contributed by atoms with van der Waals surface area (Å²) < 4.78 is 1.79. The van der Waals surface area contributed by atoms with Crippen LogP contribution < -0.4 is 10.6 Å². The summed E-state index contributed by atoms with van der Waals surface area (Å²) in [6, 6.07) is 18.4. The lowest BCUT2D eigenvalue weighted by Gasteiger charge is -2.07. The van der Waals surface area contributed by atoms with Crippen molar-refractivity contribution in [2.75, 3.05) is 5.32 Å². The Morgan fingerprint density at radius 1 is 1.08 bits per heavy atom. The highest BCUT2D eigenvalue weighted by atomic mass is 32.1. The molecule has 1 aromatic heterocycles. The standard InChI is InChI=1S/C18H19N5S/c1-14-6-5-9-16(10-14)12-23-13-20-17(22-23)21-18(24)19-11-15-7-3-2-4-8-15/h2-10,13H,11-12H2,1H3,(H2,19,21,22,24). The van der Waals surface area contributed by atoms with Gasteiger partial charge in [0.05, 0.1) is 6.54 Å². The number of rotatable bonds is 5. The number of hydrogen-bond donors (Lipinski definition) is 2. The first kappa shape index (κ1) is 16.1. The Balaban J connectivity index is 1.53. The predicted octanol–water partition coefficient (Wildman–Crippen LogP) is 3.12. The van der Waals surface area contributed by atoms with Crippen molar-refractivity contribution < 1.29 is 0 Å². The first-order chi connectivity index (χ1) is 11.7. The fraction of sp³-hybridized carbons (Fsp3) is 0.167. The van der Waals surface area contributed by atoms with Gasteiger partial charge in [-0.3, -0.25) is 5.32 Å². The summed E-state index contributed by atoms with van der Waals surface area (Å²) in [5.41, 5.74) is 3.59. The molecule has 3 rings (SSSR count). The SMILES string of the molecule is Cc1cccc(Cn2cnc(NC(=S)NCc3ccccc3)n2)c1. The average molecular weight is 337 g/mol. The largest absolute Gasteiger partial charge is 0.358 e. The van der Waals surface area contributed by atoms with Gasteiger partial charge >= 0.3 is 0 Å². The minimum Gasteiger partial charge on any atom is -0.358 e. The first-order valence-corrected chi connectivity index (χ1v) is 8.13. The average Bonchev–Trinajstić information content (AvgIpc) is 3.01. The Morgan fingerprint density at radius 2 is 1.88 bits per heavy atom. The second kappa shape index (κ2) is 7.70. The Hall–Kier alpha value is -2.73. The summed E-state index contributed by atoms with van der Waals surface area (Å²) >= 11 is 5.28. The lowest BCUT2D eigenvalue weighted by molar-refractivity contribution is 0.687. The summed E-state index contributed by atoms with van der Waals surface area (Å²) in [6.45, 7) is 3.42. The second-order valence-corrected chi connectivity index (χ2v) is 5.96. The van der Waals surface area contributed by atoms with Crippen molar-refractivity contribution in [1.29, 1.82) is 0 Å². The zero-order valence-corrected chi connectivity index (χ0v) is 14.3. The van der Waals surface area contributed by atoms with Gasteiger partial charge in [-0.2, -0.15) is 0 Å². The van der Waals surface area contributed by atoms with Gasteiger partial charge in [-0.1, -0.05) is 60.2 Å². The van der Waals surface area contributed by atoms with Crippen LogP contribution in [-0.4, -0.2) is 19.9 Å². The molecule has 0 aliphatic rings. The van der Waals surface area contributed by atoms with Crippen molar-refractivity contribution >= 4 is 23.3 Å². The van der Waals surface area contributed by atoms with Crippen LogP contribution in [0.1, 0.15) is 16.7 Å². The van der Waals surface area contributed by atoms with Crippen LogP contribution in [-0.2, 0) is 13.1 Å². The molecule has 24 heavy (non-hydrogen) atoms. The Morgan fingerprint density at radius 3 is 2.67 bits per heavy atom. The predicted molar refractivity (Wildman–Crippen MR) is 99.8 cm³/mol. The van der Waals surface area contributed by atoms with Crippen LogP contribution in [0.25, 0.3) is 0 Å². The van der Waals surface area contributed by atoms with E-state index in [1.165, 1.54) is 16.7 Å². The number of hydrogen-bond acceptors (Lipinski definition) is 3. The molecule has 0 aliphatic heterocycles. The molecule has 2 N–H and O–H groups in total. The summed E-state index contributed by atoms with van der Waals surface area (Å²) in [6.07, 6.45) is 1.70. The molecular weight excluding hydrogens is 318 g/mol. The Labute approximate surface area is 146 Å². The molecule has 2 aromatic carbocycles. The molecule has 0 saturated carbocycles. The second-order valence-electron chi connectivity index (χ2n) is 5.55. The van der Waals surface area contributed by atoms with Gasteiger partial charge in [-0.15, -0.1) is 5.10 Å². The number of anilines is 1. The smallest absolute Gasteiger partial charge is 0.248 e. The molecule has 0 bridgehead atoms. The van der Waals surface area contributed by atoms with Crippen LogP contribution in [0.5, 0.6) is 0 Å². The maximum absolute atomic E-state index is 5.28. The van der Waals surface area contributed by atoms with Gasteiger partial charge in [0.25, 0.3) is 0 Å². The van der Waals surface area contributed by atoms with Gasteiger partial charge in [0.1, 0.15) is 6.33 Å². The van der Waals surface area contributed by atoms with E-state index in [4.69, 9.17) is 12.2 Å². The number of aryl methyl sites for hydroxylation is 1. The van der Waals surface area contributed by atoms with Crippen molar-refractivity contribution in [3.63, 3.8) is 0 Å². The van der Waals surface area contributed by atoms with Gasteiger partial charge in [-0.05, 0) is 30.3 Å². The van der Waals surface area contributed by atoms with Crippen molar-refractivity contribution in [3.8, 4) is 0 Å². The van der Waals surface area contributed by atoms with Crippen LogP contribution in [0.2, 0.25) is 0 Å². The quantitative estimate of drug-likeness (QED) is 0.701. The highest BCUT2D eigenvalue weighted by Gasteiger charge is 2.04. The number of aromatic nitrogens is 3. The zero-order valence-electron chi connectivity index (χ0n) is 13.4. The van der Waals surface area contributed by atoms with Crippen molar-refractivity contribution in [2.45, 2.75) is 20.0 Å². The molecule has 0 fully saturated rings. The van der Waals surface area contributed by atoms with Crippen LogP contribution in [0.4, 0.5) is 5.95 Å². The minimum absolute atomic E-state index is 0.494. The first-order valence-electron chi connectivity index (χ1n) is 7.73. The molecule has 0 aliphatic carbocycles. The van der Waals surface area contributed by atoms with E-state index in [0.717, 1.165) is 0 Å². The molecule has 1 heterocycles. The Kier molecular flexibility index (Phi) is 5.18. The monoisotopic (exact) mass is 337 g/mol. The summed E-state index contributed by atoms with van der Waals surface area (Å²) in [4.78, 5) is 4.24. The third kappa shape index (κ3) is 4.63. The number of benzene rings is 2. The molecule has 122 valence electrons. The molecule has 5 nitrogen and oxygen atoms in total. The van der Waals surface area contributed by atoms with Crippen LogP contribution >= 0.6 is 12.2 Å². The number of nitrogens with one attached hydrogen (secondary N) is 2. The van der Waals surface area contributed by atoms with E-state index in [0.29, 0.717) is 24.2 Å². The summed E-state index contributed by atoms with van der Waals surface area (Å²) in [5.74, 6) is 0.494. The normalized spacial score (nSPS) is 10.4. The van der Waals surface area contributed by atoms with Crippen molar-refractivity contribution in [1.82, 2.24) is 20.1 Å². The summed E-state index contributed by atoms with van der Waals surface area (Å²) in [7, 11) is 0. The zero-order chi connectivity index (χ0) is 16.8. The van der Waals surface area contributed by atoms with Gasteiger partial charge < -0.3 is 5.32 Å². The fourth-order valence-electron chi connectivity index (χ4n) is 2.35. The molecule has 0 radical (unpaired) electrons. The molecule has 6 heteroatoms. The van der Waals surface area contributed by atoms with Crippen LogP contribution in [0.15, 0.2) is 60.9 Å². The van der Waals surface area contributed by atoms with Gasteiger partial charge in [0.2, 0.25) is 5.95 Å². The van der Waals surface area contributed by atoms with Gasteiger partial charge in [0.15, 0.2) is 5.11 Å². The topological polar surface area (TPSA) is 54.8 Å². The van der Waals surface area contributed by atoms with Crippen molar-refractivity contribution in [3.05, 3.63) is 77.6 Å². The highest BCUT2D eigenvalue weighted by molar-refractivity contribution is 7.80. The lowest BCUT2D eigenvalue weighted by atomic mass is 10.1. The van der Waals surface area contributed by atoms with Crippen molar-refractivity contribution in [2.24, 2.45) is 0 Å². The molecule has 3 aromatic rings. The van der Waals surface area contributed by atoms with E-state index < -0.39 is 0 Å². The van der Waals surface area contributed by atoms with Gasteiger partial charge in [-0.25, -0.2) is 9.67 Å². The molecule has 0 atom stereocenters. The van der Waals surface area contributed by atoms with E-state index in [2.05, 4.69) is 45.8 Å². The Bertz CT molecular complexity index is 813. The molecule has 0 saturated heterocycles. The molecule has 0 unspecified atom stereocenters. The van der Waals surface area contributed by atoms with Gasteiger partial charge in [0, 0.05) is 6.54 Å². The number of nitrogens with zero attached hydrogens (tertiary/aromatic N) is 3. The van der Waals surface area contributed by atoms with E-state index >= 15 is 0 Å². The maximum Gasteiger partial charge on any atom is 0.248 e. The number of thiocarbonyl (C=S) groups is 1. The molecule has 0 amide bonds. The molecular formula is C18H19N5S. The lowest BCUT2D eigenvalue weighted by Crippen LogP contribution is -2.28. The van der Waals surface area contributed by atoms with E-state index in [1.54, 1.807) is 11.0 Å². The van der Waals surface area contributed by atoms with Crippen LogP contribution in [0.3, 0.4) is 0 Å². The summed E-state index contributed by atoms with van der Waals surface area (Å²) in [5, 5.41) is 11.1. The third-order valence-corrected chi connectivity index (χ3v) is 3.73. The third-order valence-electron chi connectivity index (χ3n) is 3.48. The highest BCUT2D eigenvalue weighted by Crippen LogP contribution is 2.06. The minimum atomic E-state index is 0.494. The van der Waals surface area contributed by atoms with E-state index in [1.807, 2.05) is 36.4 Å². The molecule has 0 spiro atoms. The van der Waals surface area contributed by atoms with E-state index in [-0.39, 0.29) is 0 Å². The van der Waals surface area contributed by atoms with E-state index in [9.17, 15) is 0 Å². The fourth-order valence-corrected chi connectivity index (χ4v) is 2.51.